The summed E-state index contributed by atoms with van der Waals surface area (Å²) in [4.78, 5) is 11.3. The maximum Gasteiger partial charge on any atom is 0.352 e. The first kappa shape index (κ1) is 12.2. The molecular weight excluding hydrogens is 258 g/mol. The van der Waals surface area contributed by atoms with Gasteiger partial charge < -0.3 is 10.2 Å². The van der Waals surface area contributed by atoms with Gasteiger partial charge in [0.25, 0.3) is 0 Å². The van der Waals surface area contributed by atoms with Crippen LogP contribution < -0.4 is 0 Å². The lowest BCUT2D eigenvalue weighted by Crippen LogP contribution is -2.08. The molecule has 0 aliphatic carbocycles. The van der Waals surface area contributed by atoms with Crippen LogP contribution in [0.2, 0.25) is 0 Å². The molecule has 0 aliphatic rings. The second kappa shape index (κ2) is 4.65. The highest BCUT2D eigenvalue weighted by atomic mass is 16.4. The van der Waals surface area contributed by atoms with Gasteiger partial charge in [-0.2, -0.15) is 0 Å². The highest BCUT2D eigenvalue weighted by Gasteiger charge is 2.15. The van der Waals surface area contributed by atoms with Crippen LogP contribution in [0.5, 0.6) is 5.75 Å². The molecular formula is C14H11N3O3. The van der Waals surface area contributed by atoms with E-state index in [1.807, 2.05) is 0 Å². The number of hydrogen-bond donors (Lipinski definition) is 2. The maximum atomic E-state index is 11.3. The third-order valence-electron chi connectivity index (χ3n) is 3.05. The average molecular weight is 269 g/mol. The number of aromatic hydroxyl groups is 1. The van der Waals surface area contributed by atoms with E-state index >= 15 is 0 Å². The summed E-state index contributed by atoms with van der Waals surface area (Å²) in [6, 6.07) is 11.7. The summed E-state index contributed by atoms with van der Waals surface area (Å²) in [5.41, 5.74) is 1.23. The number of carboxylic acid groups (broad SMARTS) is 1. The Hall–Kier alpha value is -2.89. The van der Waals surface area contributed by atoms with Crippen LogP contribution in [0.4, 0.5) is 0 Å². The molecule has 0 unspecified atom stereocenters. The Labute approximate surface area is 113 Å². The first-order valence-electron chi connectivity index (χ1n) is 6.00. The lowest BCUT2D eigenvalue weighted by molar-refractivity contribution is 0.0688. The van der Waals surface area contributed by atoms with Gasteiger partial charge in [0.05, 0.1) is 0 Å². The monoisotopic (exact) mass is 269 g/mol. The third kappa shape index (κ3) is 1.97. The quantitative estimate of drug-likeness (QED) is 0.756. The number of aromatic nitrogens is 3. The minimum Gasteiger partial charge on any atom is -0.508 e. The number of carbonyl (C=O) groups is 1. The van der Waals surface area contributed by atoms with Crippen molar-refractivity contribution in [1.29, 1.82) is 0 Å². The predicted molar refractivity (Wildman–Crippen MR) is 70.9 cm³/mol. The number of phenols is 1. The lowest BCUT2D eigenvalue weighted by Gasteiger charge is -2.05. The summed E-state index contributed by atoms with van der Waals surface area (Å²) >= 11 is 0. The number of rotatable bonds is 3. The third-order valence-corrected chi connectivity index (χ3v) is 3.05. The first-order chi connectivity index (χ1) is 9.66. The zero-order valence-electron chi connectivity index (χ0n) is 10.4. The zero-order valence-corrected chi connectivity index (χ0v) is 10.4. The molecule has 3 rings (SSSR count). The summed E-state index contributed by atoms with van der Waals surface area (Å²) in [5.74, 6) is -0.425. The van der Waals surface area contributed by atoms with E-state index in [0.717, 1.165) is 0 Å². The standard InChI is InChI=1S/C14H11N3O3/c18-11-6-2-1-4-9(11)8-13-16-15-12-7-3-5-10(14(19)20)17(12)13/h1-7,18H,8H2,(H,19,20). The zero-order chi connectivity index (χ0) is 14.1. The van der Waals surface area contributed by atoms with Crippen LogP contribution in [0.25, 0.3) is 5.65 Å². The van der Waals surface area contributed by atoms with Crippen molar-refractivity contribution in [2.45, 2.75) is 6.42 Å². The van der Waals surface area contributed by atoms with Crippen molar-refractivity contribution >= 4 is 11.6 Å². The Kier molecular flexibility index (Phi) is 2.83. The van der Waals surface area contributed by atoms with Crippen LogP contribution >= 0.6 is 0 Å². The number of pyridine rings is 1. The van der Waals surface area contributed by atoms with Crippen molar-refractivity contribution in [3.05, 3.63) is 59.5 Å². The Morgan fingerprint density at radius 1 is 1.10 bits per heavy atom. The van der Waals surface area contributed by atoms with Crippen LogP contribution in [0.15, 0.2) is 42.5 Å². The van der Waals surface area contributed by atoms with Gasteiger partial charge in [0.15, 0.2) is 5.65 Å². The summed E-state index contributed by atoms with van der Waals surface area (Å²) < 4.78 is 1.48. The van der Waals surface area contributed by atoms with E-state index in [1.54, 1.807) is 36.4 Å². The van der Waals surface area contributed by atoms with Crippen LogP contribution in [0, 0.1) is 0 Å². The smallest absolute Gasteiger partial charge is 0.352 e. The number of aromatic carboxylic acids is 1. The minimum atomic E-state index is -1.05. The van der Waals surface area contributed by atoms with Crippen LogP contribution in [-0.2, 0) is 6.42 Å². The number of hydrogen-bond acceptors (Lipinski definition) is 4. The molecule has 0 aliphatic heterocycles. The van der Waals surface area contributed by atoms with Gasteiger partial charge >= 0.3 is 5.97 Å². The molecule has 6 heteroatoms. The van der Waals surface area contributed by atoms with Crippen molar-refractivity contribution < 1.29 is 15.0 Å². The van der Waals surface area contributed by atoms with Crippen LogP contribution in [0.1, 0.15) is 21.9 Å². The van der Waals surface area contributed by atoms with E-state index in [2.05, 4.69) is 10.2 Å². The van der Waals surface area contributed by atoms with Crippen LogP contribution in [0.3, 0.4) is 0 Å². The molecule has 2 aromatic heterocycles. The van der Waals surface area contributed by atoms with Gasteiger partial charge in [0.2, 0.25) is 0 Å². The van der Waals surface area contributed by atoms with Crippen molar-refractivity contribution in [2.75, 3.05) is 0 Å². The lowest BCUT2D eigenvalue weighted by atomic mass is 10.1. The highest BCUT2D eigenvalue weighted by molar-refractivity contribution is 5.86. The van der Waals surface area contributed by atoms with E-state index in [1.165, 1.54) is 10.5 Å². The van der Waals surface area contributed by atoms with Gasteiger partial charge in [-0.1, -0.05) is 24.3 Å². The molecule has 3 aromatic rings. The van der Waals surface area contributed by atoms with Gasteiger partial charge in [-0.3, -0.25) is 4.40 Å². The SMILES string of the molecule is O=C(O)c1cccc2nnc(Cc3ccccc3O)n12. The molecule has 100 valence electrons. The highest BCUT2D eigenvalue weighted by Crippen LogP contribution is 2.20. The molecule has 1 aromatic carbocycles. The van der Waals surface area contributed by atoms with E-state index in [9.17, 15) is 15.0 Å². The minimum absolute atomic E-state index is 0.0953. The van der Waals surface area contributed by atoms with Gasteiger partial charge in [0, 0.05) is 12.0 Å². The normalized spacial score (nSPS) is 10.8. The number of fused-ring (bicyclic) bond motifs is 1. The Morgan fingerprint density at radius 2 is 1.90 bits per heavy atom. The summed E-state index contributed by atoms with van der Waals surface area (Å²) in [6.07, 6.45) is 0.304. The summed E-state index contributed by atoms with van der Waals surface area (Å²) in [6.45, 7) is 0. The molecule has 0 atom stereocenters. The van der Waals surface area contributed by atoms with Gasteiger partial charge in [-0.15, -0.1) is 10.2 Å². The number of nitrogens with zero attached hydrogens (tertiary/aromatic N) is 3. The first-order valence-corrected chi connectivity index (χ1v) is 6.00. The van der Waals surface area contributed by atoms with Gasteiger partial charge in [-0.05, 0) is 18.2 Å². The molecule has 0 bridgehead atoms. The Bertz CT molecular complexity index is 795. The molecule has 0 amide bonds. The molecule has 2 heterocycles. The number of phenolic OH excluding ortho intramolecular Hbond substituents is 1. The second-order valence-electron chi connectivity index (χ2n) is 4.33. The van der Waals surface area contributed by atoms with Gasteiger partial charge in [-0.25, -0.2) is 4.79 Å². The molecule has 0 spiro atoms. The molecule has 6 nitrogen and oxygen atoms in total. The van der Waals surface area contributed by atoms with Crippen molar-refractivity contribution in [1.82, 2.24) is 14.6 Å². The summed E-state index contributed by atoms with van der Waals surface area (Å²) in [5, 5.41) is 27.0. The Balaban J connectivity index is 2.13. The fraction of sp³-hybridized carbons (Fsp3) is 0.0714. The molecule has 2 N–H and O–H groups in total. The fourth-order valence-electron chi connectivity index (χ4n) is 2.11. The van der Waals surface area contributed by atoms with E-state index in [4.69, 9.17) is 0 Å². The maximum absolute atomic E-state index is 11.3. The fourth-order valence-corrected chi connectivity index (χ4v) is 2.11. The molecule has 20 heavy (non-hydrogen) atoms. The second-order valence-corrected chi connectivity index (χ2v) is 4.33. The number of para-hydroxylation sites is 1. The van der Waals surface area contributed by atoms with Crippen molar-refractivity contribution in [3.8, 4) is 5.75 Å². The van der Waals surface area contributed by atoms with Gasteiger partial charge in [0.1, 0.15) is 17.3 Å². The van der Waals surface area contributed by atoms with E-state index in [0.29, 0.717) is 23.5 Å². The van der Waals surface area contributed by atoms with E-state index in [-0.39, 0.29) is 11.4 Å². The predicted octanol–water partition coefficient (Wildman–Crippen LogP) is 1.72. The van der Waals surface area contributed by atoms with Crippen LogP contribution in [-0.4, -0.2) is 30.8 Å². The Morgan fingerprint density at radius 3 is 2.65 bits per heavy atom. The van der Waals surface area contributed by atoms with E-state index < -0.39 is 5.97 Å². The molecule has 0 fully saturated rings. The number of carboxylic acids is 1. The van der Waals surface area contributed by atoms with Crippen molar-refractivity contribution in [3.63, 3.8) is 0 Å². The van der Waals surface area contributed by atoms with Crippen molar-refractivity contribution in [2.24, 2.45) is 0 Å². The largest absolute Gasteiger partial charge is 0.508 e. The molecule has 0 saturated heterocycles. The summed E-state index contributed by atoms with van der Waals surface area (Å²) in [7, 11) is 0. The molecule has 0 radical (unpaired) electrons. The molecule has 0 saturated carbocycles. The topological polar surface area (TPSA) is 87.7 Å². The average Bonchev–Trinajstić information content (AvgIpc) is 2.84. The number of benzene rings is 1.